The summed E-state index contributed by atoms with van der Waals surface area (Å²) in [6.07, 6.45) is -2.35. The van der Waals surface area contributed by atoms with Crippen molar-refractivity contribution in [1.82, 2.24) is 0 Å². The van der Waals surface area contributed by atoms with Crippen LogP contribution in [0, 0.1) is 5.82 Å². The second-order valence-electron chi connectivity index (χ2n) is 2.59. The van der Waals surface area contributed by atoms with Crippen LogP contribution in [0.4, 0.5) is 13.2 Å². The molecule has 0 saturated carbocycles. The fourth-order valence-corrected chi connectivity index (χ4v) is 1.50. The molecule has 1 rings (SSSR count). The van der Waals surface area contributed by atoms with Gasteiger partial charge in [-0.3, -0.25) is 0 Å². The smallest absolute Gasteiger partial charge is 0.205 e. The standard InChI is InChI=1S/C9H8BrF3/c1-2-5-3-4-6(10)8(11)7(5)9(12)13/h3-4,9H,2H2,1H3. The van der Waals surface area contributed by atoms with Gasteiger partial charge in [-0.05, 0) is 34.0 Å². The summed E-state index contributed by atoms with van der Waals surface area (Å²) in [6.45, 7) is 1.72. The summed E-state index contributed by atoms with van der Waals surface area (Å²) in [5.41, 5.74) is -0.132. The minimum atomic E-state index is -2.76. The van der Waals surface area contributed by atoms with Gasteiger partial charge in [0.1, 0.15) is 5.82 Å². The number of hydrogen-bond acceptors (Lipinski definition) is 0. The molecule has 1 aromatic carbocycles. The molecular formula is C9H8BrF3. The molecule has 0 nitrogen and oxygen atoms in total. The molecule has 0 aliphatic heterocycles. The van der Waals surface area contributed by atoms with Gasteiger partial charge in [0.15, 0.2) is 0 Å². The SMILES string of the molecule is CCc1ccc(Br)c(F)c1C(F)F. The van der Waals surface area contributed by atoms with E-state index >= 15 is 0 Å². The summed E-state index contributed by atoms with van der Waals surface area (Å²) in [6, 6.07) is 2.95. The number of rotatable bonds is 2. The van der Waals surface area contributed by atoms with Crippen LogP contribution >= 0.6 is 15.9 Å². The van der Waals surface area contributed by atoms with Crippen molar-refractivity contribution in [2.75, 3.05) is 0 Å². The molecule has 13 heavy (non-hydrogen) atoms. The number of halogens is 4. The van der Waals surface area contributed by atoms with Crippen LogP contribution in [0.15, 0.2) is 16.6 Å². The van der Waals surface area contributed by atoms with E-state index in [1.165, 1.54) is 12.1 Å². The van der Waals surface area contributed by atoms with Gasteiger partial charge in [-0.1, -0.05) is 13.0 Å². The van der Waals surface area contributed by atoms with Gasteiger partial charge in [0, 0.05) is 0 Å². The third kappa shape index (κ3) is 2.05. The van der Waals surface area contributed by atoms with Crippen LogP contribution in [0.2, 0.25) is 0 Å². The molecule has 0 aliphatic carbocycles. The van der Waals surface area contributed by atoms with Gasteiger partial charge in [0.2, 0.25) is 0 Å². The maximum Gasteiger partial charge on any atom is 0.266 e. The van der Waals surface area contributed by atoms with Crippen molar-refractivity contribution in [3.8, 4) is 0 Å². The summed E-state index contributed by atoms with van der Waals surface area (Å²) < 4.78 is 38.0. The first-order chi connectivity index (χ1) is 6.07. The van der Waals surface area contributed by atoms with Crippen LogP contribution < -0.4 is 0 Å². The van der Waals surface area contributed by atoms with E-state index in [-0.39, 0.29) is 4.47 Å². The van der Waals surface area contributed by atoms with Crippen molar-refractivity contribution in [2.45, 2.75) is 19.8 Å². The predicted molar refractivity (Wildman–Crippen MR) is 48.4 cm³/mol. The van der Waals surface area contributed by atoms with E-state index < -0.39 is 17.8 Å². The van der Waals surface area contributed by atoms with Crippen LogP contribution in [-0.2, 0) is 6.42 Å². The zero-order valence-electron chi connectivity index (χ0n) is 6.95. The molecular weight excluding hydrogens is 245 g/mol. The van der Waals surface area contributed by atoms with E-state index in [4.69, 9.17) is 0 Å². The van der Waals surface area contributed by atoms with Gasteiger partial charge in [-0.2, -0.15) is 0 Å². The van der Waals surface area contributed by atoms with Crippen molar-refractivity contribution in [2.24, 2.45) is 0 Å². The lowest BCUT2D eigenvalue weighted by Gasteiger charge is -2.08. The predicted octanol–water partition coefficient (Wildman–Crippen LogP) is 4.09. The average molecular weight is 253 g/mol. The number of benzene rings is 1. The van der Waals surface area contributed by atoms with Gasteiger partial charge in [0.25, 0.3) is 6.43 Å². The molecule has 0 unspecified atom stereocenters. The molecule has 0 atom stereocenters. The molecule has 0 aromatic heterocycles. The van der Waals surface area contributed by atoms with Crippen molar-refractivity contribution in [1.29, 1.82) is 0 Å². The number of hydrogen-bond donors (Lipinski definition) is 0. The zero-order valence-corrected chi connectivity index (χ0v) is 8.54. The average Bonchev–Trinajstić information content (AvgIpc) is 2.08. The van der Waals surface area contributed by atoms with Gasteiger partial charge < -0.3 is 0 Å². The Hall–Kier alpha value is -0.510. The molecule has 0 radical (unpaired) electrons. The summed E-state index contributed by atoms with van der Waals surface area (Å²) in [7, 11) is 0. The second kappa shape index (κ2) is 4.13. The van der Waals surface area contributed by atoms with Gasteiger partial charge in [0.05, 0.1) is 10.0 Å². The number of aryl methyl sites for hydroxylation is 1. The highest BCUT2D eigenvalue weighted by atomic mass is 79.9. The van der Waals surface area contributed by atoms with Crippen LogP contribution in [0.1, 0.15) is 24.5 Å². The highest BCUT2D eigenvalue weighted by Gasteiger charge is 2.19. The molecule has 0 N–H and O–H groups in total. The molecule has 1 aromatic rings. The number of alkyl halides is 2. The van der Waals surface area contributed by atoms with Crippen LogP contribution in [0.3, 0.4) is 0 Å². The Balaban J connectivity index is 3.32. The van der Waals surface area contributed by atoms with E-state index in [9.17, 15) is 13.2 Å². The lowest BCUT2D eigenvalue weighted by molar-refractivity contribution is 0.145. The molecule has 72 valence electrons. The first-order valence-electron chi connectivity index (χ1n) is 3.82. The van der Waals surface area contributed by atoms with E-state index in [0.717, 1.165) is 0 Å². The minimum absolute atomic E-state index is 0.0833. The molecule has 0 bridgehead atoms. The monoisotopic (exact) mass is 252 g/mol. The largest absolute Gasteiger partial charge is 0.266 e. The van der Waals surface area contributed by atoms with Gasteiger partial charge in [-0.25, -0.2) is 13.2 Å². The van der Waals surface area contributed by atoms with Crippen molar-refractivity contribution >= 4 is 15.9 Å². The van der Waals surface area contributed by atoms with Crippen LogP contribution in [0.5, 0.6) is 0 Å². The fraction of sp³-hybridized carbons (Fsp3) is 0.333. The summed E-state index contributed by atoms with van der Waals surface area (Å²) in [5.74, 6) is -0.852. The molecule has 0 saturated heterocycles. The molecule has 0 aliphatic rings. The first-order valence-corrected chi connectivity index (χ1v) is 4.62. The summed E-state index contributed by atoms with van der Waals surface area (Å²) in [5, 5.41) is 0. The second-order valence-corrected chi connectivity index (χ2v) is 3.44. The Morgan fingerprint density at radius 2 is 2.00 bits per heavy atom. The first kappa shape index (κ1) is 10.6. The molecule has 0 amide bonds. The summed E-state index contributed by atoms with van der Waals surface area (Å²) in [4.78, 5) is 0. The maximum atomic E-state index is 13.2. The molecule has 4 heteroatoms. The highest BCUT2D eigenvalue weighted by Crippen LogP contribution is 2.30. The Morgan fingerprint density at radius 3 is 2.46 bits per heavy atom. The fourth-order valence-electron chi connectivity index (χ4n) is 1.15. The van der Waals surface area contributed by atoms with Crippen molar-refractivity contribution in [3.63, 3.8) is 0 Å². The molecule has 0 fully saturated rings. The van der Waals surface area contributed by atoms with Gasteiger partial charge >= 0.3 is 0 Å². The van der Waals surface area contributed by atoms with E-state index in [0.29, 0.717) is 12.0 Å². The third-order valence-corrected chi connectivity index (χ3v) is 2.43. The topological polar surface area (TPSA) is 0 Å². The van der Waals surface area contributed by atoms with Crippen LogP contribution in [-0.4, -0.2) is 0 Å². The van der Waals surface area contributed by atoms with Crippen LogP contribution in [0.25, 0.3) is 0 Å². The Labute approximate surface area is 82.9 Å². The lowest BCUT2D eigenvalue weighted by Crippen LogP contribution is -1.98. The quantitative estimate of drug-likeness (QED) is 0.744. The molecule has 0 spiro atoms. The summed E-state index contributed by atoms with van der Waals surface area (Å²) >= 11 is 2.87. The van der Waals surface area contributed by atoms with Gasteiger partial charge in [-0.15, -0.1) is 0 Å². The van der Waals surface area contributed by atoms with Crippen molar-refractivity contribution < 1.29 is 13.2 Å². The highest BCUT2D eigenvalue weighted by molar-refractivity contribution is 9.10. The van der Waals surface area contributed by atoms with E-state index in [2.05, 4.69) is 15.9 Å². The third-order valence-electron chi connectivity index (χ3n) is 1.82. The molecule has 0 heterocycles. The van der Waals surface area contributed by atoms with Crippen molar-refractivity contribution in [3.05, 3.63) is 33.5 Å². The maximum absolute atomic E-state index is 13.2. The minimum Gasteiger partial charge on any atom is -0.205 e. The normalized spacial score (nSPS) is 10.9. The Kier molecular flexibility index (Phi) is 3.36. The zero-order chi connectivity index (χ0) is 10.0. The van der Waals surface area contributed by atoms with E-state index in [1.807, 2.05) is 0 Å². The Bertz CT molecular complexity index is 310. The Morgan fingerprint density at radius 1 is 1.38 bits per heavy atom. The van der Waals surface area contributed by atoms with E-state index in [1.54, 1.807) is 6.92 Å². The lowest BCUT2D eigenvalue weighted by atomic mass is 10.1.